The monoisotopic (exact) mass is 289 g/mol. The molecule has 3 heteroatoms. The van der Waals surface area contributed by atoms with Gasteiger partial charge in [0.2, 0.25) is 0 Å². The molecule has 0 saturated carbocycles. The second-order valence-corrected chi connectivity index (χ2v) is 6.54. The molecule has 0 fully saturated rings. The van der Waals surface area contributed by atoms with Crippen molar-refractivity contribution in [1.82, 2.24) is 5.32 Å². The number of thiophene rings is 1. The Balaban J connectivity index is 2.28. The van der Waals surface area contributed by atoms with Crippen molar-refractivity contribution in [3.63, 3.8) is 0 Å². The van der Waals surface area contributed by atoms with E-state index >= 15 is 0 Å². The maximum absolute atomic E-state index is 5.49. The zero-order valence-corrected chi connectivity index (χ0v) is 13.7. The van der Waals surface area contributed by atoms with Crippen molar-refractivity contribution in [2.45, 2.75) is 33.2 Å². The first kappa shape index (κ1) is 15.1. The minimum absolute atomic E-state index is 0.336. The third-order valence-corrected chi connectivity index (χ3v) is 5.00. The van der Waals surface area contributed by atoms with Crippen LogP contribution in [0, 0.1) is 20.8 Å². The van der Waals surface area contributed by atoms with E-state index in [9.17, 15) is 0 Å². The Kier molecular flexibility index (Phi) is 4.84. The van der Waals surface area contributed by atoms with Crippen LogP contribution in [0.3, 0.4) is 0 Å². The average molecular weight is 289 g/mol. The molecule has 0 bridgehead atoms. The lowest BCUT2D eigenvalue weighted by Crippen LogP contribution is -2.18. The standard InChI is InChI=1S/C17H23NOS/c1-11-6-7-16(19-5)14(8-11)10-15(18-4)17-9-12(2)13(3)20-17/h6-9,15,18H,10H2,1-5H3. The normalized spacial score (nSPS) is 12.4. The lowest BCUT2D eigenvalue weighted by molar-refractivity contribution is 0.406. The third-order valence-electron chi connectivity index (χ3n) is 3.74. The molecule has 0 amide bonds. The zero-order chi connectivity index (χ0) is 14.7. The molecular weight excluding hydrogens is 266 g/mol. The molecule has 2 aromatic rings. The van der Waals surface area contributed by atoms with E-state index in [1.807, 2.05) is 18.4 Å². The largest absolute Gasteiger partial charge is 0.496 e. The Bertz CT molecular complexity index is 569. The van der Waals surface area contributed by atoms with Gasteiger partial charge in [-0.15, -0.1) is 11.3 Å². The van der Waals surface area contributed by atoms with Gasteiger partial charge in [-0.25, -0.2) is 0 Å². The highest BCUT2D eigenvalue weighted by Crippen LogP contribution is 2.31. The van der Waals surface area contributed by atoms with Crippen molar-refractivity contribution in [3.8, 4) is 5.75 Å². The highest BCUT2D eigenvalue weighted by molar-refractivity contribution is 7.12. The van der Waals surface area contributed by atoms with Crippen LogP contribution in [-0.4, -0.2) is 14.2 Å². The molecule has 1 atom stereocenters. The van der Waals surface area contributed by atoms with Gasteiger partial charge in [-0.2, -0.15) is 0 Å². The first-order chi connectivity index (χ1) is 9.55. The molecule has 0 saturated heterocycles. The van der Waals surface area contributed by atoms with Crippen LogP contribution in [0.4, 0.5) is 0 Å². The summed E-state index contributed by atoms with van der Waals surface area (Å²) in [5, 5.41) is 3.43. The van der Waals surface area contributed by atoms with E-state index < -0.39 is 0 Å². The van der Waals surface area contributed by atoms with Gasteiger partial charge in [0, 0.05) is 15.8 Å². The van der Waals surface area contributed by atoms with Gasteiger partial charge >= 0.3 is 0 Å². The van der Waals surface area contributed by atoms with Gasteiger partial charge in [0.15, 0.2) is 0 Å². The fourth-order valence-corrected chi connectivity index (χ4v) is 3.56. The van der Waals surface area contributed by atoms with Crippen LogP contribution < -0.4 is 10.1 Å². The van der Waals surface area contributed by atoms with Gasteiger partial charge in [-0.05, 0) is 57.5 Å². The third kappa shape index (κ3) is 3.22. The van der Waals surface area contributed by atoms with E-state index in [1.54, 1.807) is 7.11 Å². The Morgan fingerprint density at radius 3 is 2.50 bits per heavy atom. The smallest absolute Gasteiger partial charge is 0.122 e. The summed E-state index contributed by atoms with van der Waals surface area (Å²) in [6.45, 7) is 6.48. The lowest BCUT2D eigenvalue weighted by atomic mass is 10.0. The van der Waals surface area contributed by atoms with Crippen molar-refractivity contribution >= 4 is 11.3 Å². The predicted octanol–water partition coefficient (Wildman–Crippen LogP) is 4.19. The summed E-state index contributed by atoms with van der Waals surface area (Å²) >= 11 is 1.88. The summed E-state index contributed by atoms with van der Waals surface area (Å²) in [6.07, 6.45) is 0.945. The van der Waals surface area contributed by atoms with Crippen LogP contribution in [0.15, 0.2) is 24.3 Å². The van der Waals surface area contributed by atoms with Gasteiger partial charge in [-0.1, -0.05) is 17.7 Å². The summed E-state index contributed by atoms with van der Waals surface area (Å²) < 4.78 is 5.49. The number of methoxy groups -OCH3 is 1. The van der Waals surface area contributed by atoms with Crippen molar-refractivity contribution in [1.29, 1.82) is 0 Å². The average Bonchev–Trinajstić information content (AvgIpc) is 2.76. The number of hydrogen-bond donors (Lipinski definition) is 1. The summed E-state index contributed by atoms with van der Waals surface area (Å²) in [5.74, 6) is 0.973. The number of likely N-dealkylation sites (N-methyl/N-ethyl adjacent to an activating group) is 1. The second-order valence-electron chi connectivity index (χ2n) is 5.25. The summed E-state index contributed by atoms with van der Waals surface area (Å²) in [4.78, 5) is 2.79. The second kappa shape index (κ2) is 6.42. The Hall–Kier alpha value is -1.32. The molecular formula is C17H23NOS. The molecule has 0 aliphatic carbocycles. The minimum atomic E-state index is 0.336. The fourth-order valence-electron chi connectivity index (χ4n) is 2.41. The molecule has 0 aliphatic heterocycles. The van der Waals surface area contributed by atoms with Crippen LogP contribution >= 0.6 is 11.3 Å². The fraction of sp³-hybridized carbons (Fsp3) is 0.412. The zero-order valence-electron chi connectivity index (χ0n) is 12.9. The van der Waals surface area contributed by atoms with Crippen LogP contribution in [0.1, 0.15) is 32.5 Å². The van der Waals surface area contributed by atoms with Crippen LogP contribution in [0.5, 0.6) is 5.75 Å². The summed E-state index contributed by atoms with van der Waals surface area (Å²) in [6, 6.07) is 9.00. The molecule has 1 aromatic heterocycles. The first-order valence-corrected chi connectivity index (χ1v) is 7.74. The maximum atomic E-state index is 5.49. The SMILES string of the molecule is CNC(Cc1cc(C)ccc1OC)c1cc(C)c(C)s1. The van der Waals surface area contributed by atoms with Gasteiger partial charge in [0.1, 0.15) is 5.75 Å². The molecule has 20 heavy (non-hydrogen) atoms. The van der Waals surface area contributed by atoms with E-state index in [1.165, 1.54) is 26.4 Å². The highest BCUT2D eigenvalue weighted by atomic mass is 32.1. The molecule has 2 nitrogen and oxygen atoms in total. The van der Waals surface area contributed by atoms with Gasteiger partial charge in [-0.3, -0.25) is 0 Å². The van der Waals surface area contributed by atoms with Crippen molar-refractivity contribution in [3.05, 3.63) is 50.7 Å². The number of nitrogens with one attached hydrogen (secondary N) is 1. The highest BCUT2D eigenvalue weighted by Gasteiger charge is 2.16. The van der Waals surface area contributed by atoms with Crippen molar-refractivity contribution < 1.29 is 4.74 Å². The molecule has 0 radical (unpaired) electrons. The van der Waals surface area contributed by atoms with Gasteiger partial charge < -0.3 is 10.1 Å². The van der Waals surface area contributed by atoms with E-state index in [0.717, 1.165) is 12.2 Å². The molecule has 2 rings (SSSR count). The van der Waals surface area contributed by atoms with Crippen molar-refractivity contribution in [2.24, 2.45) is 0 Å². The molecule has 1 N–H and O–H groups in total. The molecule has 0 aliphatic rings. The first-order valence-electron chi connectivity index (χ1n) is 6.93. The van der Waals surface area contributed by atoms with Crippen LogP contribution in [-0.2, 0) is 6.42 Å². The van der Waals surface area contributed by atoms with Gasteiger partial charge in [0.25, 0.3) is 0 Å². The van der Waals surface area contributed by atoms with E-state index in [2.05, 4.69) is 50.4 Å². The summed E-state index contributed by atoms with van der Waals surface area (Å²) in [5.41, 5.74) is 3.91. The van der Waals surface area contributed by atoms with E-state index in [-0.39, 0.29) is 0 Å². The lowest BCUT2D eigenvalue weighted by Gasteiger charge is -2.17. The van der Waals surface area contributed by atoms with Crippen LogP contribution in [0.2, 0.25) is 0 Å². The maximum Gasteiger partial charge on any atom is 0.122 e. The summed E-state index contributed by atoms with van der Waals surface area (Å²) in [7, 11) is 3.76. The molecule has 108 valence electrons. The van der Waals surface area contributed by atoms with E-state index in [0.29, 0.717) is 6.04 Å². The molecule has 1 heterocycles. The quantitative estimate of drug-likeness (QED) is 0.891. The molecule has 1 aromatic carbocycles. The Labute approximate surface area is 125 Å². The predicted molar refractivity (Wildman–Crippen MR) is 87.0 cm³/mol. The number of rotatable bonds is 5. The van der Waals surface area contributed by atoms with E-state index in [4.69, 9.17) is 4.74 Å². The number of aryl methyl sites for hydroxylation is 3. The topological polar surface area (TPSA) is 21.3 Å². The minimum Gasteiger partial charge on any atom is -0.496 e. The van der Waals surface area contributed by atoms with Crippen molar-refractivity contribution in [2.75, 3.05) is 14.2 Å². The molecule has 1 unspecified atom stereocenters. The van der Waals surface area contributed by atoms with Crippen LogP contribution in [0.25, 0.3) is 0 Å². The molecule has 0 spiro atoms. The van der Waals surface area contributed by atoms with Gasteiger partial charge in [0.05, 0.1) is 7.11 Å². The number of hydrogen-bond acceptors (Lipinski definition) is 3. The Morgan fingerprint density at radius 1 is 1.20 bits per heavy atom. The number of benzene rings is 1. The number of ether oxygens (including phenoxy) is 1. The Morgan fingerprint density at radius 2 is 1.95 bits per heavy atom.